The van der Waals surface area contributed by atoms with E-state index in [-0.39, 0.29) is 18.9 Å². The van der Waals surface area contributed by atoms with Gasteiger partial charge in [0, 0.05) is 6.42 Å². The number of carbonyl (C=O) groups is 1. The van der Waals surface area contributed by atoms with Gasteiger partial charge < -0.3 is 65.1 Å². The minimum Gasteiger partial charge on any atom is -0.394 e. The van der Waals surface area contributed by atoms with Crippen molar-refractivity contribution in [3.8, 4) is 0 Å². The van der Waals surface area contributed by atoms with Gasteiger partial charge in [0.25, 0.3) is 0 Å². The third kappa shape index (κ3) is 49.1. The number of aliphatic hydroxyl groups excluding tert-OH is 8. The zero-order chi connectivity index (χ0) is 69.4. The molecule has 2 saturated heterocycles. The van der Waals surface area contributed by atoms with Gasteiger partial charge in [-0.3, -0.25) is 4.79 Å². The van der Waals surface area contributed by atoms with Crippen LogP contribution in [0.5, 0.6) is 0 Å². The number of amides is 1. The molecule has 0 saturated carbocycles. The number of rotatable bonds is 71. The van der Waals surface area contributed by atoms with E-state index in [1.165, 1.54) is 334 Å². The fraction of sp³-hybridized carbons (Fsp3) is 0.939. The number of allylic oxidation sites excluding steroid dienone is 3. The molecule has 12 atom stereocenters. The summed E-state index contributed by atoms with van der Waals surface area (Å²) in [6, 6.07) is -0.913. The molecule has 1 amide bonds. The average molecular weight is 1370 g/mol. The SMILES string of the molecule is CCCCCCCCCC/C=C\CCCCCCCCCCCCCCCCCCCCCCCCCCCCCC(=O)NC(COC1OC(CO)C(OC2OC(CO)C(O)C(O)C2O)C(O)C1O)C(O)/C=C/CCCCCCCCCCCCCCCCCCCCCCC. The van der Waals surface area contributed by atoms with Gasteiger partial charge >= 0.3 is 0 Å². The van der Waals surface area contributed by atoms with Crippen LogP contribution in [0.3, 0.4) is 0 Å². The summed E-state index contributed by atoms with van der Waals surface area (Å²) in [4.78, 5) is 13.4. The average Bonchev–Trinajstić information content (AvgIpc) is 0.806. The summed E-state index contributed by atoms with van der Waals surface area (Å²) in [6.45, 7) is 2.87. The molecular formula is C82H157NO13. The summed E-state index contributed by atoms with van der Waals surface area (Å²) >= 11 is 0. The Balaban J connectivity index is 1.56. The van der Waals surface area contributed by atoms with E-state index in [1.54, 1.807) is 6.08 Å². The second-order valence-electron chi connectivity index (χ2n) is 29.6. The largest absolute Gasteiger partial charge is 0.394 e. The smallest absolute Gasteiger partial charge is 0.220 e. The van der Waals surface area contributed by atoms with Crippen LogP contribution in [0.15, 0.2) is 24.3 Å². The molecule has 96 heavy (non-hydrogen) atoms. The molecule has 2 fully saturated rings. The minimum atomic E-state index is -1.79. The van der Waals surface area contributed by atoms with Gasteiger partial charge in [-0.1, -0.05) is 372 Å². The summed E-state index contributed by atoms with van der Waals surface area (Å²) in [5.41, 5.74) is 0. The zero-order valence-corrected chi connectivity index (χ0v) is 62.4. The molecule has 2 aliphatic rings. The molecule has 0 aromatic rings. The van der Waals surface area contributed by atoms with Crippen molar-refractivity contribution in [2.45, 2.75) is 473 Å². The first-order chi connectivity index (χ1) is 47.1. The van der Waals surface area contributed by atoms with Gasteiger partial charge in [0.15, 0.2) is 12.6 Å². The van der Waals surface area contributed by atoms with Crippen LogP contribution >= 0.6 is 0 Å². The van der Waals surface area contributed by atoms with Gasteiger partial charge in [-0.25, -0.2) is 0 Å². The first kappa shape index (κ1) is 90.6. The fourth-order valence-electron chi connectivity index (χ4n) is 14.1. The second kappa shape index (κ2) is 66.7. The van der Waals surface area contributed by atoms with Crippen molar-refractivity contribution in [2.75, 3.05) is 19.8 Å². The van der Waals surface area contributed by atoms with E-state index >= 15 is 0 Å². The monoisotopic (exact) mass is 1360 g/mol. The molecule has 0 radical (unpaired) electrons. The van der Waals surface area contributed by atoms with E-state index in [0.717, 1.165) is 38.5 Å². The van der Waals surface area contributed by atoms with Crippen LogP contribution in [0.1, 0.15) is 399 Å². The van der Waals surface area contributed by atoms with Crippen molar-refractivity contribution >= 4 is 5.91 Å². The van der Waals surface area contributed by atoms with Crippen molar-refractivity contribution in [2.24, 2.45) is 0 Å². The molecular weight excluding hydrogens is 1210 g/mol. The van der Waals surface area contributed by atoms with Crippen LogP contribution in [-0.4, -0.2) is 140 Å². The third-order valence-electron chi connectivity index (χ3n) is 20.6. The second-order valence-corrected chi connectivity index (χ2v) is 29.6. The molecule has 12 unspecified atom stereocenters. The number of aliphatic hydroxyl groups is 8. The number of hydrogen-bond donors (Lipinski definition) is 9. The van der Waals surface area contributed by atoms with Crippen LogP contribution in [0.4, 0.5) is 0 Å². The van der Waals surface area contributed by atoms with Crippen molar-refractivity contribution in [1.29, 1.82) is 0 Å². The highest BCUT2D eigenvalue weighted by Gasteiger charge is 2.51. The van der Waals surface area contributed by atoms with Crippen LogP contribution in [0, 0.1) is 0 Å². The number of ether oxygens (including phenoxy) is 4. The molecule has 0 aliphatic carbocycles. The Morgan fingerprint density at radius 2 is 0.656 bits per heavy atom. The molecule has 0 spiro atoms. The minimum absolute atomic E-state index is 0.229. The van der Waals surface area contributed by atoms with E-state index < -0.39 is 86.8 Å². The van der Waals surface area contributed by atoms with Crippen molar-refractivity contribution in [1.82, 2.24) is 5.32 Å². The first-order valence-electron chi connectivity index (χ1n) is 41.6. The predicted octanol–water partition coefficient (Wildman–Crippen LogP) is 19.0. The molecule has 14 heteroatoms. The van der Waals surface area contributed by atoms with Crippen molar-refractivity contribution < 1.29 is 64.6 Å². The highest BCUT2D eigenvalue weighted by atomic mass is 16.7. The predicted molar refractivity (Wildman–Crippen MR) is 397 cm³/mol. The third-order valence-corrected chi connectivity index (χ3v) is 20.6. The molecule has 2 rings (SSSR count). The van der Waals surface area contributed by atoms with E-state index in [9.17, 15) is 45.6 Å². The highest BCUT2D eigenvalue weighted by molar-refractivity contribution is 5.76. The summed E-state index contributed by atoms with van der Waals surface area (Å²) < 4.78 is 22.9. The standard InChI is InChI=1S/C82H157NO13/c1-3-5-7-9-11-13-15-17-19-21-23-25-27-28-29-30-31-32-33-34-35-36-37-38-39-40-41-42-44-46-48-50-52-54-56-58-60-62-64-66-74(87)83-70(69-93-81-79(92)77(90)80(73(68-85)95-81)96-82-78(91)76(89)75(88)72(67-84)94-82)71(86)65-63-61-59-57-55-53-51-49-47-45-43-26-24-22-20-18-16-14-12-10-8-6-4-2/h21,23,63,65,70-73,75-82,84-86,88-92H,3-20,22,24-62,64,66-69H2,1-2H3,(H,83,87)/b23-21-,65-63+. The maximum Gasteiger partial charge on any atom is 0.220 e. The van der Waals surface area contributed by atoms with Crippen LogP contribution < -0.4 is 5.32 Å². The lowest BCUT2D eigenvalue weighted by Crippen LogP contribution is -2.65. The van der Waals surface area contributed by atoms with Crippen LogP contribution in [-0.2, 0) is 23.7 Å². The molecule has 0 bridgehead atoms. The molecule has 2 heterocycles. The number of nitrogens with one attached hydrogen (secondary N) is 1. The van der Waals surface area contributed by atoms with Gasteiger partial charge in [0.1, 0.15) is 48.8 Å². The topological polar surface area (TPSA) is 228 Å². The summed E-state index contributed by atoms with van der Waals surface area (Å²) in [7, 11) is 0. The van der Waals surface area contributed by atoms with Gasteiger partial charge in [-0.2, -0.15) is 0 Å². The Morgan fingerprint density at radius 3 is 0.990 bits per heavy atom. The maximum absolute atomic E-state index is 13.4. The molecule has 14 nitrogen and oxygen atoms in total. The Morgan fingerprint density at radius 1 is 0.365 bits per heavy atom. The highest BCUT2D eigenvalue weighted by Crippen LogP contribution is 2.30. The Labute approximate surface area is 589 Å². The van der Waals surface area contributed by atoms with E-state index in [4.69, 9.17) is 18.9 Å². The van der Waals surface area contributed by atoms with E-state index in [0.29, 0.717) is 6.42 Å². The summed E-state index contributed by atoms with van der Waals surface area (Å²) in [5, 5.41) is 87.7. The molecule has 9 N–H and O–H groups in total. The van der Waals surface area contributed by atoms with Crippen LogP contribution in [0.2, 0.25) is 0 Å². The zero-order valence-electron chi connectivity index (χ0n) is 62.4. The van der Waals surface area contributed by atoms with E-state index in [1.807, 2.05) is 6.08 Å². The lowest BCUT2D eigenvalue weighted by atomic mass is 9.97. The Kier molecular flexibility index (Phi) is 62.9. The summed E-state index contributed by atoms with van der Waals surface area (Å²) in [5.74, 6) is -0.229. The van der Waals surface area contributed by atoms with Crippen molar-refractivity contribution in [3.63, 3.8) is 0 Å². The van der Waals surface area contributed by atoms with Gasteiger partial charge in [0.05, 0.1) is 32.0 Å². The lowest BCUT2D eigenvalue weighted by molar-refractivity contribution is -0.359. The summed E-state index contributed by atoms with van der Waals surface area (Å²) in [6.07, 6.45) is 70.0. The van der Waals surface area contributed by atoms with Gasteiger partial charge in [-0.15, -0.1) is 0 Å². The normalized spacial score (nSPS) is 22.3. The number of unbranched alkanes of at least 4 members (excludes halogenated alkanes) is 56. The van der Waals surface area contributed by atoms with E-state index in [2.05, 4.69) is 31.3 Å². The number of carbonyl (C=O) groups excluding carboxylic acids is 1. The van der Waals surface area contributed by atoms with Crippen LogP contribution in [0.25, 0.3) is 0 Å². The van der Waals surface area contributed by atoms with Crippen molar-refractivity contribution in [3.05, 3.63) is 24.3 Å². The Hall–Kier alpha value is -1.53. The number of hydrogen-bond acceptors (Lipinski definition) is 13. The maximum atomic E-state index is 13.4. The quantitative estimate of drug-likeness (QED) is 0.0204. The molecule has 2 aliphatic heterocycles. The molecule has 0 aromatic heterocycles. The molecule has 0 aromatic carbocycles. The van der Waals surface area contributed by atoms with Gasteiger partial charge in [0.2, 0.25) is 5.91 Å². The fourth-order valence-corrected chi connectivity index (χ4v) is 14.1. The van der Waals surface area contributed by atoms with Gasteiger partial charge in [-0.05, 0) is 44.9 Å². The molecule has 568 valence electrons. The Bertz CT molecular complexity index is 1700. The lowest BCUT2D eigenvalue weighted by Gasteiger charge is -2.46. The first-order valence-corrected chi connectivity index (χ1v) is 41.6.